The Balaban J connectivity index is 0.000000519. The molecular weight excluding hydrogens is 770 g/mol. The molecule has 1 heterocycles. The first-order valence-electron chi connectivity index (χ1n) is 16.9. The van der Waals surface area contributed by atoms with E-state index < -0.39 is 92.4 Å². The predicted molar refractivity (Wildman–Crippen MR) is 197 cm³/mol. The zero-order chi connectivity index (χ0) is 41.0. The van der Waals surface area contributed by atoms with E-state index in [1.807, 2.05) is 5.32 Å². The van der Waals surface area contributed by atoms with E-state index in [0.717, 1.165) is 30.0 Å². The lowest BCUT2D eigenvalue weighted by Gasteiger charge is -2.32. The van der Waals surface area contributed by atoms with Gasteiger partial charge in [0.15, 0.2) is 6.04 Å². The molecule has 0 saturated carbocycles. The predicted octanol–water partition coefficient (Wildman–Crippen LogP) is 7.03. The van der Waals surface area contributed by atoms with Crippen LogP contribution in [0.15, 0.2) is 89.8 Å². The van der Waals surface area contributed by atoms with Crippen LogP contribution in [0, 0.1) is 17.0 Å². The highest BCUT2D eigenvalue weighted by atomic mass is 32.2. The average molecular weight is 814 g/mol. The first-order chi connectivity index (χ1) is 25.8. The number of aliphatic hydroxyl groups excluding tert-OH is 2. The Morgan fingerprint density at radius 3 is 1.85 bits per heavy atom. The number of carbonyl (C=O) groups excluding carboxylic acids is 2. The molecule has 4 aromatic rings. The van der Waals surface area contributed by atoms with E-state index in [2.05, 4.69) is 65.4 Å². The Kier molecular flexibility index (Phi) is 16.3. The number of methoxy groups -OCH3 is 1. The number of nitrogens with zero attached hydrogens (tertiary/aromatic N) is 1. The molecule has 0 aliphatic rings. The summed E-state index contributed by atoms with van der Waals surface area (Å²) in [6.07, 6.45) is -4.82. The number of ether oxygens (including phenoxy) is 1. The lowest BCUT2D eigenvalue weighted by molar-refractivity contribution is -0.162. The second kappa shape index (κ2) is 20.0. The van der Waals surface area contributed by atoms with Crippen LogP contribution >= 0.6 is 11.3 Å². The molecule has 4 N–H and O–H groups in total. The van der Waals surface area contributed by atoms with Gasteiger partial charge in [0, 0.05) is 21.9 Å². The van der Waals surface area contributed by atoms with Crippen molar-refractivity contribution < 1.29 is 54.9 Å². The normalized spacial score (nSPS) is 13.0. The molecule has 0 aliphatic carbocycles. The fourth-order valence-electron chi connectivity index (χ4n) is 5.11. The van der Waals surface area contributed by atoms with E-state index in [4.69, 9.17) is 0 Å². The third-order valence-corrected chi connectivity index (χ3v) is 11.2. The number of sulfonamides is 1. The third kappa shape index (κ3) is 13.4. The summed E-state index contributed by atoms with van der Waals surface area (Å²) in [5, 5.41) is 23.1. The molecule has 17 heteroatoms. The number of nitrogens with one attached hydrogen (secondary N) is 2. The molecule has 4 rings (SSSR count). The summed E-state index contributed by atoms with van der Waals surface area (Å²) < 4.78 is 103. The van der Waals surface area contributed by atoms with Gasteiger partial charge >= 0.3 is 12.3 Å². The first-order valence-corrected chi connectivity index (χ1v) is 19.1. The highest BCUT2D eigenvalue weighted by Gasteiger charge is 2.44. The van der Waals surface area contributed by atoms with Crippen LogP contribution in [0.5, 0.6) is 0 Å². The maximum absolute atomic E-state index is 14.4. The van der Waals surface area contributed by atoms with Crippen LogP contribution in [0.25, 0.3) is 0 Å². The number of aliphatic hydroxyl groups is 2. The maximum Gasteiger partial charge on any atom is 0.413 e. The summed E-state index contributed by atoms with van der Waals surface area (Å²) in [4.78, 5) is 21.9. The van der Waals surface area contributed by atoms with Crippen LogP contribution in [0.2, 0.25) is 0 Å². The number of carbonyl (C=O) groups is 2. The summed E-state index contributed by atoms with van der Waals surface area (Å²) in [6.45, 7) is 2.32. The van der Waals surface area contributed by atoms with Gasteiger partial charge in [-0.2, -0.15) is 17.5 Å². The SMILES string of the molecule is COC(=O)NCC(=O)NC(c1ccc(C(CO)N(CCC(C)(C)C)S(=O)(=O)c2cc(F)c(CO)c(F)c2)s1)C(F)(F)F.c1ccc(Cc2ccccc2)cc1. The number of amides is 2. The van der Waals surface area contributed by atoms with Crippen molar-refractivity contribution in [3.05, 3.63) is 123 Å². The molecule has 55 heavy (non-hydrogen) atoms. The van der Waals surface area contributed by atoms with Gasteiger partial charge in [0.2, 0.25) is 15.9 Å². The van der Waals surface area contributed by atoms with Crippen LogP contribution in [-0.4, -0.2) is 67.9 Å². The van der Waals surface area contributed by atoms with Gasteiger partial charge in [-0.15, -0.1) is 11.3 Å². The number of thiophene rings is 1. The Labute approximate surface area is 321 Å². The smallest absolute Gasteiger partial charge is 0.413 e. The second-order valence-corrected chi connectivity index (χ2v) is 16.5. The van der Waals surface area contributed by atoms with Crippen LogP contribution in [0.3, 0.4) is 0 Å². The Morgan fingerprint density at radius 1 is 0.873 bits per heavy atom. The Morgan fingerprint density at radius 2 is 1.40 bits per heavy atom. The van der Waals surface area contributed by atoms with E-state index in [9.17, 15) is 50.2 Å². The van der Waals surface area contributed by atoms with Gasteiger partial charge in [0.25, 0.3) is 0 Å². The fourth-order valence-corrected chi connectivity index (χ4v) is 7.99. The van der Waals surface area contributed by atoms with Crippen molar-refractivity contribution in [1.29, 1.82) is 0 Å². The molecule has 1 aromatic heterocycles. The number of halogens is 5. The lowest BCUT2D eigenvalue weighted by atomic mass is 9.92. The first kappa shape index (κ1) is 45.0. The van der Waals surface area contributed by atoms with Crippen molar-refractivity contribution in [2.24, 2.45) is 5.41 Å². The van der Waals surface area contributed by atoms with Crippen molar-refractivity contribution in [1.82, 2.24) is 14.9 Å². The number of alkyl carbamates (subject to hydrolysis) is 1. The number of hydrogen-bond acceptors (Lipinski definition) is 8. The fraction of sp³-hybridized carbons (Fsp3) is 0.368. The molecule has 2 unspecified atom stereocenters. The standard InChI is InChI=1S/C25H32F5N3O7S2.C13H12/c1-24(2,3)7-8-33(42(38,39)14-9-16(26)15(12-34)17(27)10-14)18(13-35)19-5-6-20(41-19)22(25(28,29)30)32-21(36)11-31-23(37)40-4;1-3-7-12(8-4-1)11-13-9-5-2-6-10-13/h5-6,9-10,18,22,34-35H,7-8,11-13H2,1-4H3,(H,31,37)(H,32,36);1-10H,11H2. The van der Waals surface area contributed by atoms with Gasteiger partial charge in [-0.05, 0) is 53.6 Å². The third-order valence-electron chi connectivity index (χ3n) is 8.05. The zero-order valence-corrected chi connectivity index (χ0v) is 32.2. The van der Waals surface area contributed by atoms with E-state index >= 15 is 0 Å². The molecule has 0 saturated heterocycles. The summed E-state index contributed by atoms with van der Waals surface area (Å²) in [7, 11) is -3.76. The molecule has 2 atom stereocenters. The van der Waals surface area contributed by atoms with E-state index in [0.29, 0.717) is 23.5 Å². The summed E-state index contributed by atoms with van der Waals surface area (Å²) in [5.41, 5.74) is 1.52. The minimum atomic E-state index is -5.00. The van der Waals surface area contributed by atoms with Gasteiger partial charge in [-0.1, -0.05) is 81.4 Å². The van der Waals surface area contributed by atoms with Gasteiger partial charge in [-0.25, -0.2) is 22.0 Å². The number of hydrogen-bond donors (Lipinski definition) is 4. The summed E-state index contributed by atoms with van der Waals surface area (Å²) >= 11 is 0.463. The molecule has 0 radical (unpaired) electrons. The summed E-state index contributed by atoms with van der Waals surface area (Å²) in [6, 6.07) is 20.2. The van der Waals surface area contributed by atoms with Crippen LogP contribution < -0.4 is 10.6 Å². The molecule has 0 aliphatic heterocycles. The van der Waals surface area contributed by atoms with E-state index in [-0.39, 0.29) is 17.8 Å². The number of alkyl halides is 3. The highest BCUT2D eigenvalue weighted by molar-refractivity contribution is 7.89. The zero-order valence-electron chi connectivity index (χ0n) is 30.6. The van der Waals surface area contributed by atoms with Gasteiger partial charge in [0.05, 0.1) is 31.3 Å². The van der Waals surface area contributed by atoms with Crippen molar-refractivity contribution in [3.8, 4) is 0 Å². The van der Waals surface area contributed by atoms with Crippen LogP contribution in [0.1, 0.15) is 65.7 Å². The molecule has 10 nitrogen and oxygen atoms in total. The number of benzene rings is 3. The topological polar surface area (TPSA) is 145 Å². The van der Waals surface area contributed by atoms with E-state index in [1.165, 1.54) is 11.1 Å². The lowest BCUT2D eigenvalue weighted by Crippen LogP contribution is -2.43. The summed E-state index contributed by atoms with van der Waals surface area (Å²) in [5.74, 6) is -3.84. The monoisotopic (exact) mass is 813 g/mol. The van der Waals surface area contributed by atoms with Crippen LogP contribution in [0.4, 0.5) is 26.7 Å². The van der Waals surface area contributed by atoms with Crippen LogP contribution in [-0.2, 0) is 32.6 Å². The second-order valence-electron chi connectivity index (χ2n) is 13.4. The molecule has 0 fully saturated rings. The van der Waals surface area contributed by atoms with E-state index in [1.54, 1.807) is 26.1 Å². The minimum Gasteiger partial charge on any atom is -0.453 e. The Bertz CT molecular complexity index is 1900. The van der Waals surface area contributed by atoms with Crippen molar-refractivity contribution >= 4 is 33.4 Å². The molecule has 0 spiro atoms. The largest absolute Gasteiger partial charge is 0.453 e. The maximum atomic E-state index is 14.4. The van der Waals surface area contributed by atoms with Crippen molar-refractivity contribution in [2.75, 3.05) is 26.8 Å². The molecule has 2 amide bonds. The van der Waals surface area contributed by atoms with Gasteiger partial charge < -0.3 is 25.6 Å². The Hall–Kier alpha value is -4.42. The molecule has 0 bridgehead atoms. The molecule has 3 aromatic carbocycles. The van der Waals surface area contributed by atoms with Crippen molar-refractivity contribution in [3.63, 3.8) is 0 Å². The number of rotatable bonds is 14. The highest BCUT2D eigenvalue weighted by Crippen LogP contribution is 2.40. The average Bonchev–Trinajstić information content (AvgIpc) is 3.60. The van der Waals surface area contributed by atoms with Gasteiger partial charge in [0.1, 0.15) is 18.2 Å². The quantitative estimate of drug-likeness (QED) is 0.100. The molecular formula is C38H44F5N3O7S2. The molecule has 300 valence electrons. The minimum absolute atomic E-state index is 0.0471. The van der Waals surface area contributed by atoms with Crippen molar-refractivity contribution in [2.45, 2.75) is 63.4 Å². The van der Waals surface area contributed by atoms with Gasteiger partial charge in [-0.3, -0.25) is 4.79 Å².